The molecule has 0 bridgehead atoms. The highest BCUT2D eigenvalue weighted by atomic mass is 16.4. The molecule has 0 atom stereocenters. The number of rotatable bonds is 3. The van der Waals surface area contributed by atoms with Crippen molar-refractivity contribution in [2.45, 2.75) is 6.54 Å². The summed E-state index contributed by atoms with van der Waals surface area (Å²) in [6, 6.07) is 2.53. The van der Waals surface area contributed by atoms with Crippen LogP contribution in [0.15, 0.2) is 38.6 Å². The standard InChI is InChI=1S/C11H10N2O5/c1-12-3-2-9(14)13(11(12)17)5-8-4-7(6-18-8)10(15)16/h2-4,6H,5H2,1H3,(H,15,16). The molecule has 2 rings (SSSR count). The van der Waals surface area contributed by atoms with Crippen LogP contribution < -0.4 is 11.2 Å². The van der Waals surface area contributed by atoms with Crippen molar-refractivity contribution in [1.82, 2.24) is 9.13 Å². The molecule has 2 aromatic heterocycles. The number of aromatic nitrogens is 2. The highest BCUT2D eigenvalue weighted by Gasteiger charge is 2.10. The summed E-state index contributed by atoms with van der Waals surface area (Å²) in [6.45, 7) is -0.0976. The fraction of sp³-hybridized carbons (Fsp3) is 0.182. The van der Waals surface area contributed by atoms with Gasteiger partial charge in [-0.15, -0.1) is 0 Å². The maximum Gasteiger partial charge on any atom is 0.338 e. The molecular weight excluding hydrogens is 240 g/mol. The second kappa shape index (κ2) is 4.36. The van der Waals surface area contributed by atoms with Gasteiger partial charge >= 0.3 is 11.7 Å². The van der Waals surface area contributed by atoms with Crippen molar-refractivity contribution >= 4 is 5.97 Å². The Hall–Kier alpha value is -2.57. The lowest BCUT2D eigenvalue weighted by Gasteiger charge is -2.03. The van der Waals surface area contributed by atoms with E-state index in [2.05, 4.69) is 0 Å². The molecule has 7 heteroatoms. The van der Waals surface area contributed by atoms with Crippen LogP contribution in [0.25, 0.3) is 0 Å². The molecule has 0 spiro atoms. The van der Waals surface area contributed by atoms with E-state index in [0.29, 0.717) is 0 Å². The third kappa shape index (κ3) is 2.10. The molecule has 1 N–H and O–H groups in total. The number of nitrogens with zero attached hydrogens (tertiary/aromatic N) is 2. The average Bonchev–Trinajstić information content (AvgIpc) is 2.78. The Balaban J connectivity index is 2.40. The minimum absolute atomic E-state index is 0.0224. The SMILES string of the molecule is Cn1ccc(=O)n(Cc2cc(C(=O)O)co2)c1=O. The highest BCUT2D eigenvalue weighted by molar-refractivity contribution is 5.87. The Kier molecular flexibility index (Phi) is 2.88. The van der Waals surface area contributed by atoms with Gasteiger partial charge in [0.15, 0.2) is 0 Å². The van der Waals surface area contributed by atoms with Gasteiger partial charge in [-0.1, -0.05) is 0 Å². The summed E-state index contributed by atoms with van der Waals surface area (Å²) < 4.78 is 7.21. The van der Waals surface area contributed by atoms with Crippen molar-refractivity contribution in [3.63, 3.8) is 0 Å². The fourth-order valence-electron chi connectivity index (χ4n) is 1.49. The van der Waals surface area contributed by atoms with Gasteiger partial charge in [0.1, 0.15) is 12.0 Å². The number of hydrogen-bond donors (Lipinski definition) is 1. The molecular formula is C11H10N2O5. The fourth-order valence-corrected chi connectivity index (χ4v) is 1.49. The summed E-state index contributed by atoms with van der Waals surface area (Å²) in [7, 11) is 1.52. The van der Waals surface area contributed by atoms with Crippen LogP contribution in [0.2, 0.25) is 0 Å². The molecule has 0 amide bonds. The molecule has 0 aliphatic heterocycles. The van der Waals surface area contributed by atoms with Crippen LogP contribution in [0, 0.1) is 0 Å². The van der Waals surface area contributed by atoms with Crippen LogP contribution in [-0.4, -0.2) is 20.2 Å². The molecule has 0 radical (unpaired) electrons. The van der Waals surface area contributed by atoms with Gasteiger partial charge in [0.2, 0.25) is 0 Å². The molecule has 2 aromatic rings. The van der Waals surface area contributed by atoms with Gasteiger partial charge in [-0.3, -0.25) is 9.36 Å². The van der Waals surface area contributed by atoms with Gasteiger partial charge in [-0.25, -0.2) is 9.59 Å². The van der Waals surface area contributed by atoms with Gasteiger partial charge in [-0.2, -0.15) is 0 Å². The number of carboxylic acid groups (broad SMARTS) is 1. The molecule has 0 saturated heterocycles. The van der Waals surface area contributed by atoms with Gasteiger partial charge in [0, 0.05) is 19.3 Å². The number of carbonyl (C=O) groups is 1. The lowest BCUT2D eigenvalue weighted by Crippen LogP contribution is -2.38. The monoisotopic (exact) mass is 250 g/mol. The summed E-state index contributed by atoms with van der Waals surface area (Å²) in [5.41, 5.74) is -0.979. The summed E-state index contributed by atoms with van der Waals surface area (Å²) in [5, 5.41) is 8.72. The van der Waals surface area contributed by atoms with E-state index in [0.717, 1.165) is 10.8 Å². The van der Waals surface area contributed by atoms with E-state index >= 15 is 0 Å². The van der Waals surface area contributed by atoms with E-state index in [1.54, 1.807) is 0 Å². The van der Waals surface area contributed by atoms with Crippen molar-refractivity contribution < 1.29 is 14.3 Å². The van der Waals surface area contributed by atoms with E-state index in [9.17, 15) is 14.4 Å². The zero-order chi connectivity index (χ0) is 13.3. The summed E-state index contributed by atoms with van der Waals surface area (Å²) in [6.07, 6.45) is 2.43. The molecule has 7 nitrogen and oxygen atoms in total. The zero-order valence-corrected chi connectivity index (χ0v) is 9.49. The first-order valence-electron chi connectivity index (χ1n) is 5.06. The summed E-state index contributed by atoms with van der Waals surface area (Å²) in [4.78, 5) is 33.9. The predicted molar refractivity (Wildman–Crippen MR) is 60.7 cm³/mol. The minimum Gasteiger partial charge on any atom is -0.478 e. The van der Waals surface area contributed by atoms with Crippen molar-refractivity contribution in [3.8, 4) is 0 Å². The first-order valence-corrected chi connectivity index (χ1v) is 5.06. The molecule has 0 aliphatic carbocycles. The normalized spacial score (nSPS) is 10.5. The van der Waals surface area contributed by atoms with Gasteiger partial charge in [0.25, 0.3) is 5.56 Å². The molecule has 18 heavy (non-hydrogen) atoms. The third-order valence-corrected chi connectivity index (χ3v) is 2.45. The largest absolute Gasteiger partial charge is 0.478 e. The van der Waals surface area contributed by atoms with Gasteiger partial charge in [0.05, 0.1) is 12.1 Å². The maximum absolute atomic E-state index is 11.7. The number of carboxylic acids is 1. The van der Waals surface area contributed by atoms with Crippen molar-refractivity contribution in [3.05, 3.63) is 56.8 Å². The van der Waals surface area contributed by atoms with E-state index in [-0.39, 0.29) is 17.9 Å². The minimum atomic E-state index is -1.13. The van der Waals surface area contributed by atoms with Crippen LogP contribution in [0.3, 0.4) is 0 Å². The average molecular weight is 250 g/mol. The van der Waals surface area contributed by atoms with E-state index < -0.39 is 17.2 Å². The molecule has 0 unspecified atom stereocenters. The van der Waals surface area contributed by atoms with E-state index in [4.69, 9.17) is 9.52 Å². The van der Waals surface area contributed by atoms with Crippen molar-refractivity contribution in [1.29, 1.82) is 0 Å². The lowest BCUT2D eigenvalue weighted by molar-refractivity contribution is 0.0696. The maximum atomic E-state index is 11.7. The number of aryl methyl sites for hydroxylation is 1. The first kappa shape index (κ1) is 11.9. The summed E-state index contributed by atoms with van der Waals surface area (Å²) >= 11 is 0. The zero-order valence-electron chi connectivity index (χ0n) is 9.49. The highest BCUT2D eigenvalue weighted by Crippen LogP contribution is 2.07. The number of hydrogen-bond acceptors (Lipinski definition) is 4. The van der Waals surface area contributed by atoms with Crippen molar-refractivity contribution in [2.75, 3.05) is 0 Å². The van der Waals surface area contributed by atoms with Crippen LogP contribution in [-0.2, 0) is 13.6 Å². The Morgan fingerprint density at radius 1 is 1.44 bits per heavy atom. The quantitative estimate of drug-likeness (QED) is 0.819. The predicted octanol–water partition coefficient (Wildman–Crippen LogP) is -0.114. The second-order valence-corrected chi connectivity index (χ2v) is 3.74. The second-order valence-electron chi connectivity index (χ2n) is 3.74. The van der Waals surface area contributed by atoms with Crippen molar-refractivity contribution in [2.24, 2.45) is 7.05 Å². The van der Waals surface area contributed by atoms with Gasteiger partial charge < -0.3 is 14.1 Å². The van der Waals surface area contributed by atoms with Crippen LogP contribution in [0.4, 0.5) is 0 Å². The molecule has 0 fully saturated rings. The van der Waals surface area contributed by atoms with Crippen LogP contribution >= 0.6 is 0 Å². The molecule has 0 aliphatic rings. The Morgan fingerprint density at radius 3 is 2.78 bits per heavy atom. The smallest absolute Gasteiger partial charge is 0.338 e. The molecule has 0 aromatic carbocycles. The third-order valence-electron chi connectivity index (χ3n) is 2.45. The molecule has 2 heterocycles. The van der Waals surface area contributed by atoms with Crippen LogP contribution in [0.5, 0.6) is 0 Å². The Bertz CT molecular complexity index is 707. The molecule has 0 saturated carbocycles. The Labute approximate surface area is 101 Å². The molecule has 94 valence electrons. The topological polar surface area (TPSA) is 94.4 Å². The first-order chi connectivity index (χ1) is 8.49. The van der Waals surface area contributed by atoms with E-state index in [1.807, 2.05) is 0 Å². The van der Waals surface area contributed by atoms with Gasteiger partial charge in [-0.05, 0) is 6.07 Å². The van der Waals surface area contributed by atoms with E-state index in [1.165, 1.54) is 29.9 Å². The van der Waals surface area contributed by atoms with Crippen LogP contribution in [0.1, 0.15) is 16.1 Å². The number of aromatic carboxylic acids is 1. The lowest BCUT2D eigenvalue weighted by atomic mass is 10.3. The Morgan fingerprint density at radius 2 is 2.17 bits per heavy atom. The summed E-state index contributed by atoms with van der Waals surface area (Å²) in [5.74, 6) is -0.892. The number of furan rings is 1.